The van der Waals surface area contributed by atoms with Crippen molar-refractivity contribution >= 4 is 6.09 Å². The van der Waals surface area contributed by atoms with E-state index in [4.69, 9.17) is 9.15 Å². The second-order valence-corrected chi connectivity index (χ2v) is 15.2. The van der Waals surface area contributed by atoms with Gasteiger partial charge >= 0.3 is 11.7 Å². The van der Waals surface area contributed by atoms with Gasteiger partial charge in [0.1, 0.15) is 6.10 Å². The molecule has 5 saturated carbocycles. The Morgan fingerprint density at radius 2 is 1.76 bits per heavy atom. The smallest absolute Gasteiger partial charge is 0.407 e. The Balaban J connectivity index is 1.04. The van der Waals surface area contributed by atoms with Crippen LogP contribution in [-0.4, -0.2) is 41.5 Å². The van der Waals surface area contributed by atoms with Crippen molar-refractivity contribution in [2.24, 2.45) is 28.6 Å². The molecule has 7 heteroatoms. The van der Waals surface area contributed by atoms with Gasteiger partial charge in [0.25, 0.3) is 0 Å². The van der Waals surface area contributed by atoms with E-state index in [1.165, 1.54) is 18.9 Å². The van der Waals surface area contributed by atoms with Crippen molar-refractivity contribution in [2.45, 2.75) is 147 Å². The molecule has 0 bridgehead atoms. The first-order valence-electron chi connectivity index (χ1n) is 17.2. The van der Waals surface area contributed by atoms with Gasteiger partial charge in [0.2, 0.25) is 0 Å². The number of fused-ring (bicyclic) bond motifs is 5. The number of hydrogen-bond acceptors (Lipinski definition) is 6. The lowest BCUT2D eigenvalue weighted by molar-refractivity contribution is -0.205. The van der Waals surface area contributed by atoms with Gasteiger partial charge in [-0.3, -0.25) is 0 Å². The summed E-state index contributed by atoms with van der Waals surface area (Å²) in [5.41, 5.74) is 0.0148. The summed E-state index contributed by atoms with van der Waals surface area (Å²) in [6.45, 7) is 8.09. The van der Waals surface area contributed by atoms with Crippen LogP contribution in [0.4, 0.5) is 4.79 Å². The molecule has 8 atom stereocenters. The predicted molar refractivity (Wildman–Crippen MR) is 163 cm³/mol. The summed E-state index contributed by atoms with van der Waals surface area (Å²) in [5.74, 6) is 1.54. The van der Waals surface area contributed by atoms with Crippen LogP contribution in [0, 0.1) is 28.6 Å². The number of hydrogen-bond donors (Lipinski definition) is 3. The number of amides is 1. The van der Waals surface area contributed by atoms with Crippen LogP contribution < -0.4 is 16.3 Å². The lowest BCUT2D eigenvalue weighted by atomic mass is 9.43. The van der Waals surface area contributed by atoms with Crippen molar-refractivity contribution in [2.75, 3.05) is 6.54 Å². The molecule has 0 saturated heterocycles. The molecule has 1 aromatic heterocycles. The SMILES string of the molecule is CCCCNC1CCC(NC(=O)O[C@H]2CC[C@@]3(C)[C@H](CC[C@@H]4[C@@H]3CC[C@]3(C)[C@@H](c5ccc(=O)oc5)CC[C@]43O)C2)CC1. The normalized spacial score (nSPS) is 43.1. The van der Waals surface area contributed by atoms with E-state index in [2.05, 4.69) is 31.4 Å². The molecular formula is C35H54N2O5. The van der Waals surface area contributed by atoms with Crippen molar-refractivity contribution < 1.29 is 19.1 Å². The Labute approximate surface area is 251 Å². The molecule has 1 heterocycles. The number of rotatable bonds is 7. The lowest BCUT2D eigenvalue weighted by Crippen LogP contribution is -2.62. The molecule has 0 unspecified atom stereocenters. The Bertz CT molecular complexity index is 1140. The minimum absolute atomic E-state index is 0.00721. The number of aliphatic hydroxyl groups is 1. The Morgan fingerprint density at radius 1 is 0.976 bits per heavy atom. The third-order valence-electron chi connectivity index (χ3n) is 13.2. The fourth-order valence-electron chi connectivity index (χ4n) is 10.7. The van der Waals surface area contributed by atoms with Gasteiger partial charge in [0.05, 0.1) is 11.9 Å². The summed E-state index contributed by atoms with van der Waals surface area (Å²) in [5, 5.41) is 19.3. The van der Waals surface area contributed by atoms with Crippen molar-refractivity contribution in [1.29, 1.82) is 0 Å². The molecule has 7 nitrogen and oxygen atoms in total. The summed E-state index contributed by atoms with van der Waals surface area (Å²) in [6.07, 6.45) is 17.1. The monoisotopic (exact) mass is 582 g/mol. The van der Waals surface area contributed by atoms with Gasteiger partial charge in [-0.25, -0.2) is 9.59 Å². The van der Waals surface area contributed by atoms with Crippen LogP contribution in [-0.2, 0) is 4.74 Å². The van der Waals surface area contributed by atoms with Crippen molar-refractivity contribution in [3.63, 3.8) is 0 Å². The van der Waals surface area contributed by atoms with Gasteiger partial charge in [-0.2, -0.15) is 0 Å². The third-order valence-corrected chi connectivity index (χ3v) is 13.2. The van der Waals surface area contributed by atoms with Crippen LogP contribution in [0.15, 0.2) is 27.6 Å². The average molecular weight is 583 g/mol. The molecule has 6 rings (SSSR count). The highest BCUT2D eigenvalue weighted by Crippen LogP contribution is 2.70. The zero-order valence-corrected chi connectivity index (χ0v) is 26.2. The maximum Gasteiger partial charge on any atom is 0.407 e. The molecule has 0 radical (unpaired) electrons. The summed E-state index contributed by atoms with van der Waals surface area (Å²) >= 11 is 0. The topological polar surface area (TPSA) is 101 Å². The fourth-order valence-corrected chi connectivity index (χ4v) is 10.7. The first-order valence-corrected chi connectivity index (χ1v) is 17.2. The molecule has 42 heavy (non-hydrogen) atoms. The van der Waals surface area contributed by atoms with E-state index in [9.17, 15) is 14.7 Å². The molecule has 0 aromatic carbocycles. The Morgan fingerprint density at radius 3 is 2.50 bits per heavy atom. The predicted octanol–water partition coefficient (Wildman–Crippen LogP) is 6.68. The highest BCUT2D eigenvalue weighted by atomic mass is 16.6. The van der Waals surface area contributed by atoms with Crippen LogP contribution >= 0.6 is 0 Å². The summed E-state index contributed by atoms with van der Waals surface area (Å²) in [4.78, 5) is 24.5. The van der Waals surface area contributed by atoms with Crippen LogP contribution in [0.2, 0.25) is 0 Å². The summed E-state index contributed by atoms with van der Waals surface area (Å²) < 4.78 is 11.3. The largest absolute Gasteiger partial charge is 0.446 e. The van der Waals surface area contributed by atoms with Gasteiger partial charge in [0, 0.05) is 23.6 Å². The van der Waals surface area contributed by atoms with Crippen LogP contribution in [0.25, 0.3) is 0 Å². The third kappa shape index (κ3) is 5.35. The maximum absolute atomic E-state index is 12.9. The number of carbonyl (C=O) groups excluding carboxylic acids is 1. The second-order valence-electron chi connectivity index (χ2n) is 15.2. The standard InChI is InChI=1S/C35H54N2O5/c1-4-5-20-36-25-8-10-26(11-9-25)37-32(39)42-27-14-17-33(2)24(21-27)7-12-30-29(33)15-18-34(3)28(16-19-35(30,34)40)23-6-13-31(38)41-22-23/h6,13,22,24-30,36,40H,4-5,7-12,14-21H2,1-3H3,(H,37,39)/t24-,25?,26?,27+,28-,29+,30-,33+,34-,35+/m1/s1. The van der Waals surface area contributed by atoms with E-state index in [1.807, 2.05) is 6.07 Å². The second kappa shape index (κ2) is 11.9. The number of alkyl carbamates (subject to hydrolysis) is 1. The van der Waals surface area contributed by atoms with E-state index in [0.29, 0.717) is 23.8 Å². The van der Waals surface area contributed by atoms with Crippen LogP contribution in [0.1, 0.15) is 129 Å². The molecule has 234 valence electrons. The molecule has 5 fully saturated rings. The van der Waals surface area contributed by atoms with E-state index < -0.39 is 5.60 Å². The molecule has 5 aliphatic rings. The lowest BCUT2D eigenvalue weighted by Gasteiger charge is -2.63. The molecule has 0 aliphatic heterocycles. The Hall–Kier alpha value is -1.86. The van der Waals surface area contributed by atoms with E-state index in [0.717, 1.165) is 95.6 Å². The number of carbonyl (C=O) groups is 1. The zero-order valence-electron chi connectivity index (χ0n) is 26.2. The van der Waals surface area contributed by atoms with Gasteiger partial charge in [-0.05, 0) is 137 Å². The van der Waals surface area contributed by atoms with Crippen molar-refractivity contribution in [1.82, 2.24) is 10.6 Å². The van der Waals surface area contributed by atoms with E-state index in [-0.39, 0.29) is 40.6 Å². The first kappa shape index (κ1) is 30.2. The molecule has 1 aromatic rings. The number of nitrogens with one attached hydrogen (secondary N) is 2. The van der Waals surface area contributed by atoms with E-state index in [1.54, 1.807) is 6.26 Å². The first-order chi connectivity index (χ1) is 20.2. The molecule has 1 amide bonds. The number of unbranched alkanes of at least 4 members (excludes halogenated alkanes) is 1. The minimum Gasteiger partial charge on any atom is -0.446 e. The van der Waals surface area contributed by atoms with Crippen LogP contribution in [0.5, 0.6) is 0 Å². The average Bonchev–Trinajstić information content (AvgIpc) is 3.26. The van der Waals surface area contributed by atoms with Crippen molar-refractivity contribution in [3.8, 4) is 0 Å². The minimum atomic E-state index is -0.692. The molecule has 5 aliphatic carbocycles. The quantitative estimate of drug-likeness (QED) is 0.310. The van der Waals surface area contributed by atoms with Gasteiger partial charge in [-0.1, -0.05) is 27.2 Å². The Kier molecular flexibility index (Phi) is 8.56. The zero-order chi connectivity index (χ0) is 29.5. The van der Waals surface area contributed by atoms with Gasteiger partial charge < -0.3 is 24.9 Å². The van der Waals surface area contributed by atoms with E-state index >= 15 is 0 Å². The highest BCUT2D eigenvalue weighted by molar-refractivity contribution is 5.67. The molecule has 0 spiro atoms. The molecular weight excluding hydrogens is 528 g/mol. The van der Waals surface area contributed by atoms with Gasteiger partial charge in [-0.15, -0.1) is 0 Å². The van der Waals surface area contributed by atoms with Gasteiger partial charge in [0.15, 0.2) is 0 Å². The fraction of sp³-hybridized carbons (Fsp3) is 0.829. The summed E-state index contributed by atoms with van der Waals surface area (Å²) in [7, 11) is 0. The highest BCUT2D eigenvalue weighted by Gasteiger charge is 2.67. The van der Waals surface area contributed by atoms with Crippen LogP contribution in [0.3, 0.4) is 0 Å². The molecule has 3 N–H and O–H groups in total. The maximum atomic E-state index is 12.9. The summed E-state index contributed by atoms with van der Waals surface area (Å²) in [6, 6.07) is 4.24. The number of ether oxygens (including phenoxy) is 1. The van der Waals surface area contributed by atoms with Crippen molar-refractivity contribution in [3.05, 3.63) is 34.4 Å².